The number of rotatable bonds is 3. The monoisotopic (exact) mass is 227 g/mol. The number of carbonyl (C=O) groups is 1. The molecule has 2 rings (SSSR count). The molecular weight excluding hydrogens is 214 g/mol. The van der Waals surface area contributed by atoms with Crippen LogP contribution < -0.4 is 10.5 Å². The van der Waals surface area contributed by atoms with Crippen LogP contribution in [-0.2, 0) is 4.79 Å². The molecule has 2 N–H and O–H groups in total. The van der Waals surface area contributed by atoms with Crippen molar-refractivity contribution in [3.05, 3.63) is 48.0 Å². The fourth-order valence-corrected chi connectivity index (χ4v) is 1.79. The molecule has 0 fully saturated rings. The number of primary amides is 1. The van der Waals surface area contributed by atoms with Crippen LogP contribution in [0.25, 0.3) is 16.8 Å². The Morgan fingerprint density at radius 3 is 2.53 bits per heavy atom. The number of methoxy groups -OCH3 is 1. The SMILES string of the molecule is COc1ccc(C=CC(N)=O)c2ccccc12. The zero-order valence-electron chi connectivity index (χ0n) is 9.51. The smallest absolute Gasteiger partial charge is 0.241 e. The van der Waals surface area contributed by atoms with E-state index in [1.165, 1.54) is 6.08 Å². The van der Waals surface area contributed by atoms with Gasteiger partial charge in [0.15, 0.2) is 0 Å². The summed E-state index contributed by atoms with van der Waals surface area (Å²) >= 11 is 0. The van der Waals surface area contributed by atoms with E-state index >= 15 is 0 Å². The minimum absolute atomic E-state index is 0.454. The van der Waals surface area contributed by atoms with Crippen LogP contribution in [0.15, 0.2) is 42.5 Å². The van der Waals surface area contributed by atoms with Gasteiger partial charge in [-0.2, -0.15) is 0 Å². The van der Waals surface area contributed by atoms with E-state index in [-0.39, 0.29) is 0 Å². The minimum atomic E-state index is -0.454. The molecule has 0 unspecified atom stereocenters. The summed E-state index contributed by atoms with van der Waals surface area (Å²) in [7, 11) is 1.64. The Balaban J connectivity index is 2.62. The lowest BCUT2D eigenvalue weighted by atomic mass is 10.0. The average Bonchev–Trinajstić information content (AvgIpc) is 2.35. The van der Waals surface area contributed by atoms with Crippen LogP contribution in [0.1, 0.15) is 5.56 Å². The van der Waals surface area contributed by atoms with Gasteiger partial charge in [-0.1, -0.05) is 30.3 Å². The predicted molar refractivity (Wildman–Crippen MR) is 68.7 cm³/mol. The molecule has 1 amide bonds. The molecule has 0 saturated carbocycles. The standard InChI is InChI=1S/C14H13NO2/c1-17-13-8-6-10(7-9-14(15)16)11-4-2-3-5-12(11)13/h2-9H,1H3,(H2,15,16). The Hall–Kier alpha value is -2.29. The number of carbonyl (C=O) groups excluding carboxylic acids is 1. The Morgan fingerprint density at radius 1 is 1.18 bits per heavy atom. The Morgan fingerprint density at radius 2 is 1.88 bits per heavy atom. The van der Waals surface area contributed by atoms with Gasteiger partial charge in [-0.25, -0.2) is 0 Å². The van der Waals surface area contributed by atoms with Crippen molar-refractivity contribution in [3.8, 4) is 5.75 Å². The third kappa shape index (κ3) is 2.28. The van der Waals surface area contributed by atoms with Crippen LogP contribution in [0, 0.1) is 0 Å². The molecule has 2 aromatic carbocycles. The second-order valence-corrected chi connectivity index (χ2v) is 3.64. The lowest BCUT2D eigenvalue weighted by molar-refractivity contribution is -0.113. The minimum Gasteiger partial charge on any atom is -0.496 e. The number of nitrogens with two attached hydrogens (primary N) is 1. The fraction of sp³-hybridized carbons (Fsp3) is 0.0714. The van der Waals surface area contributed by atoms with Crippen molar-refractivity contribution >= 4 is 22.8 Å². The number of amides is 1. The number of fused-ring (bicyclic) bond motifs is 1. The first-order valence-electron chi connectivity index (χ1n) is 5.25. The van der Waals surface area contributed by atoms with E-state index in [0.29, 0.717) is 0 Å². The molecule has 0 saturated heterocycles. The van der Waals surface area contributed by atoms with Crippen molar-refractivity contribution in [3.63, 3.8) is 0 Å². The largest absolute Gasteiger partial charge is 0.496 e. The lowest BCUT2D eigenvalue weighted by Crippen LogP contribution is -2.05. The molecule has 0 radical (unpaired) electrons. The van der Waals surface area contributed by atoms with Gasteiger partial charge in [0, 0.05) is 11.5 Å². The molecule has 0 aliphatic heterocycles. The number of hydrogen-bond acceptors (Lipinski definition) is 2. The van der Waals surface area contributed by atoms with E-state index in [1.54, 1.807) is 13.2 Å². The molecule has 2 aromatic rings. The molecule has 0 bridgehead atoms. The Kier molecular flexibility index (Phi) is 3.10. The van der Waals surface area contributed by atoms with Gasteiger partial charge in [0.1, 0.15) is 5.75 Å². The van der Waals surface area contributed by atoms with Crippen LogP contribution in [-0.4, -0.2) is 13.0 Å². The summed E-state index contributed by atoms with van der Waals surface area (Å²) in [6.07, 6.45) is 3.07. The molecule has 0 heterocycles. The van der Waals surface area contributed by atoms with Crippen LogP contribution in [0.4, 0.5) is 0 Å². The van der Waals surface area contributed by atoms with Gasteiger partial charge < -0.3 is 10.5 Å². The highest BCUT2D eigenvalue weighted by atomic mass is 16.5. The van der Waals surface area contributed by atoms with Crippen molar-refractivity contribution in [2.75, 3.05) is 7.11 Å². The molecular formula is C14H13NO2. The lowest BCUT2D eigenvalue weighted by Gasteiger charge is -2.07. The molecule has 0 aliphatic rings. The van der Waals surface area contributed by atoms with Crippen molar-refractivity contribution in [2.24, 2.45) is 5.73 Å². The van der Waals surface area contributed by atoms with Crippen molar-refractivity contribution in [1.29, 1.82) is 0 Å². The van der Waals surface area contributed by atoms with Crippen molar-refractivity contribution in [1.82, 2.24) is 0 Å². The molecule has 86 valence electrons. The molecule has 17 heavy (non-hydrogen) atoms. The summed E-state index contributed by atoms with van der Waals surface area (Å²) in [5.41, 5.74) is 6.03. The van der Waals surface area contributed by atoms with Crippen molar-refractivity contribution < 1.29 is 9.53 Å². The summed E-state index contributed by atoms with van der Waals surface area (Å²) in [5, 5.41) is 2.05. The van der Waals surface area contributed by atoms with E-state index < -0.39 is 5.91 Å². The molecule has 3 nitrogen and oxygen atoms in total. The van der Waals surface area contributed by atoms with Gasteiger partial charge in [0.05, 0.1) is 7.11 Å². The second-order valence-electron chi connectivity index (χ2n) is 3.64. The average molecular weight is 227 g/mol. The van der Waals surface area contributed by atoms with E-state index in [0.717, 1.165) is 22.1 Å². The highest BCUT2D eigenvalue weighted by molar-refractivity contribution is 5.98. The summed E-state index contributed by atoms with van der Waals surface area (Å²) in [4.78, 5) is 10.7. The predicted octanol–water partition coefficient (Wildman–Crippen LogP) is 2.35. The highest BCUT2D eigenvalue weighted by Crippen LogP contribution is 2.28. The number of benzene rings is 2. The highest BCUT2D eigenvalue weighted by Gasteiger charge is 2.03. The summed E-state index contributed by atoms with van der Waals surface area (Å²) in [5.74, 6) is 0.363. The summed E-state index contributed by atoms with van der Waals surface area (Å²) < 4.78 is 5.29. The molecule has 0 aliphatic carbocycles. The van der Waals surface area contributed by atoms with Gasteiger partial charge in [-0.15, -0.1) is 0 Å². The maximum atomic E-state index is 10.7. The molecule has 3 heteroatoms. The summed E-state index contributed by atoms with van der Waals surface area (Å²) in [6.45, 7) is 0. The van der Waals surface area contributed by atoms with E-state index in [9.17, 15) is 4.79 Å². The van der Waals surface area contributed by atoms with Crippen LogP contribution >= 0.6 is 0 Å². The fourth-order valence-electron chi connectivity index (χ4n) is 1.79. The maximum absolute atomic E-state index is 10.7. The third-order valence-corrected chi connectivity index (χ3v) is 2.56. The van der Waals surface area contributed by atoms with Gasteiger partial charge in [-0.05, 0) is 23.1 Å². The summed E-state index contributed by atoms with van der Waals surface area (Å²) in [6, 6.07) is 11.6. The van der Waals surface area contributed by atoms with Crippen LogP contribution in [0.5, 0.6) is 5.75 Å². The maximum Gasteiger partial charge on any atom is 0.241 e. The van der Waals surface area contributed by atoms with E-state index in [2.05, 4.69) is 0 Å². The Labute approximate surface area is 99.5 Å². The van der Waals surface area contributed by atoms with Gasteiger partial charge in [0.25, 0.3) is 0 Å². The second kappa shape index (κ2) is 4.70. The zero-order chi connectivity index (χ0) is 12.3. The van der Waals surface area contributed by atoms with Gasteiger partial charge in [0.2, 0.25) is 5.91 Å². The number of ether oxygens (including phenoxy) is 1. The molecule has 0 atom stereocenters. The number of hydrogen-bond donors (Lipinski definition) is 1. The first-order valence-corrected chi connectivity index (χ1v) is 5.25. The van der Waals surface area contributed by atoms with Gasteiger partial charge >= 0.3 is 0 Å². The quantitative estimate of drug-likeness (QED) is 0.818. The zero-order valence-corrected chi connectivity index (χ0v) is 9.51. The van der Waals surface area contributed by atoms with E-state index in [1.807, 2.05) is 36.4 Å². The normalized spacial score (nSPS) is 10.9. The van der Waals surface area contributed by atoms with Crippen LogP contribution in [0.3, 0.4) is 0 Å². The topological polar surface area (TPSA) is 52.3 Å². The molecule has 0 aromatic heterocycles. The van der Waals surface area contributed by atoms with Gasteiger partial charge in [-0.3, -0.25) is 4.79 Å². The third-order valence-electron chi connectivity index (χ3n) is 2.56. The Bertz CT molecular complexity index is 588. The van der Waals surface area contributed by atoms with Crippen molar-refractivity contribution in [2.45, 2.75) is 0 Å². The van der Waals surface area contributed by atoms with Crippen LogP contribution in [0.2, 0.25) is 0 Å². The first-order chi connectivity index (χ1) is 8.22. The molecule has 0 spiro atoms. The van der Waals surface area contributed by atoms with E-state index in [4.69, 9.17) is 10.5 Å². The first kappa shape index (κ1) is 11.2.